The second-order valence-corrected chi connectivity index (χ2v) is 4.37. The van der Waals surface area contributed by atoms with Crippen LogP contribution in [0.2, 0.25) is 0 Å². The fourth-order valence-electron chi connectivity index (χ4n) is 2.13. The first-order valence-electron chi connectivity index (χ1n) is 5.80. The molecule has 1 aromatic rings. The van der Waals surface area contributed by atoms with Gasteiger partial charge in [-0.3, -0.25) is 9.78 Å². The summed E-state index contributed by atoms with van der Waals surface area (Å²) < 4.78 is 13.4. The minimum absolute atomic E-state index is 0.116. The van der Waals surface area contributed by atoms with E-state index in [0.717, 1.165) is 25.6 Å². The normalized spacial score (nSPS) is 23.6. The van der Waals surface area contributed by atoms with Crippen LogP contribution in [0.5, 0.6) is 0 Å². The van der Waals surface area contributed by atoms with Gasteiger partial charge in [0.2, 0.25) is 5.91 Å². The number of carbonyl (C=O) groups excluding carboxylic acids is 1. The Balaban J connectivity index is 2.14. The van der Waals surface area contributed by atoms with Crippen molar-refractivity contribution in [3.63, 3.8) is 0 Å². The molecule has 1 fully saturated rings. The number of amides is 1. The molecule has 0 bridgehead atoms. The molecule has 1 aromatic heterocycles. The summed E-state index contributed by atoms with van der Waals surface area (Å²) in [4.78, 5) is 15.8. The maximum Gasteiger partial charge on any atom is 0.231 e. The lowest BCUT2D eigenvalue weighted by molar-refractivity contribution is -0.124. The van der Waals surface area contributed by atoms with Gasteiger partial charge in [0.05, 0.1) is 17.3 Å². The lowest BCUT2D eigenvalue weighted by Gasteiger charge is -2.25. The van der Waals surface area contributed by atoms with Crippen molar-refractivity contribution in [2.24, 2.45) is 5.41 Å². The first-order valence-corrected chi connectivity index (χ1v) is 5.80. The van der Waals surface area contributed by atoms with Crippen molar-refractivity contribution >= 4 is 11.6 Å². The van der Waals surface area contributed by atoms with Gasteiger partial charge in [0.25, 0.3) is 0 Å². The highest BCUT2D eigenvalue weighted by Crippen LogP contribution is 2.31. The Morgan fingerprint density at radius 3 is 3.12 bits per heavy atom. The van der Waals surface area contributed by atoms with Crippen molar-refractivity contribution < 1.29 is 9.18 Å². The van der Waals surface area contributed by atoms with Crippen molar-refractivity contribution in [3.05, 3.63) is 24.3 Å². The van der Waals surface area contributed by atoms with E-state index in [1.165, 1.54) is 12.3 Å². The van der Waals surface area contributed by atoms with Crippen LogP contribution in [0, 0.1) is 11.2 Å². The van der Waals surface area contributed by atoms with Gasteiger partial charge < -0.3 is 10.6 Å². The number of pyridine rings is 1. The summed E-state index contributed by atoms with van der Waals surface area (Å²) >= 11 is 0. The van der Waals surface area contributed by atoms with Crippen LogP contribution in [-0.2, 0) is 4.79 Å². The molecule has 1 amide bonds. The van der Waals surface area contributed by atoms with E-state index in [2.05, 4.69) is 15.6 Å². The third kappa shape index (κ3) is 2.29. The molecule has 1 saturated heterocycles. The van der Waals surface area contributed by atoms with Gasteiger partial charge in [-0.15, -0.1) is 0 Å². The number of aromatic nitrogens is 1. The number of hydrogen-bond acceptors (Lipinski definition) is 3. The van der Waals surface area contributed by atoms with Crippen LogP contribution in [-0.4, -0.2) is 24.0 Å². The smallest absolute Gasteiger partial charge is 0.231 e. The molecule has 0 aliphatic carbocycles. The van der Waals surface area contributed by atoms with Gasteiger partial charge in [-0.05, 0) is 25.5 Å². The average molecular weight is 237 g/mol. The lowest BCUT2D eigenvalue weighted by atomic mass is 9.83. The number of halogens is 1. The predicted octanol–water partition coefficient (Wildman–Crippen LogP) is 1.55. The molecule has 2 N–H and O–H groups in total. The topological polar surface area (TPSA) is 54.0 Å². The molecule has 0 spiro atoms. The van der Waals surface area contributed by atoms with Crippen LogP contribution in [0.25, 0.3) is 0 Å². The molecular weight excluding hydrogens is 221 g/mol. The molecule has 0 aromatic carbocycles. The molecule has 92 valence electrons. The lowest BCUT2D eigenvalue weighted by Crippen LogP contribution is -2.37. The van der Waals surface area contributed by atoms with Crippen LogP contribution in [0.1, 0.15) is 19.8 Å². The molecule has 2 heterocycles. The summed E-state index contributed by atoms with van der Waals surface area (Å²) in [7, 11) is 0. The van der Waals surface area contributed by atoms with E-state index in [1.807, 2.05) is 6.92 Å². The first-order chi connectivity index (χ1) is 8.18. The fourth-order valence-corrected chi connectivity index (χ4v) is 2.13. The zero-order valence-electron chi connectivity index (χ0n) is 9.79. The number of rotatable bonds is 3. The quantitative estimate of drug-likeness (QED) is 0.838. The maximum absolute atomic E-state index is 13.4. The molecule has 5 heteroatoms. The van der Waals surface area contributed by atoms with E-state index < -0.39 is 11.2 Å². The average Bonchev–Trinajstić information content (AvgIpc) is 2.82. The number of nitrogens with one attached hydrogen (secondary N) is 2. The van der Waals surface area contributed by atoms with Gasteiger partial charge in [0.1, 0.15) is 0 Å². The molecule has 2 rings (SSSR count). The molecule has 0 saturated carbocycles. The van der Waals surface area contributed by atoms with Gasteiger partial charge in [-0.1, -0.05) is 6.92 Å². The minimum Gasteiger partial charge on any atom is -0.323 e. The molecule has 17 heavy (non-hydrogen) atoms. The summed E-state index contributed by atoms with van der Waals surface area (Å²) in [5.41, 5.74) is -0.208. The second-order valence-electron chi connectivity index (χ2n) is 4.37. The third-order valence-electron chi connectivity index (χ3n) is 3.42. The largest absolute Gasteiger partial charge is 0.323 e. The van der Waals surface area contributed by atoms with E-state index >= 15 is 0 Å². The Hall–Kier alpha value is -1.49. The van der Waals surface area contributed by atoms with Crippen LogP contribution >= 0.6 is 0 Å². The van der Waals surface area contributed by atoms with Crippen LogP contribution in [0.15, 0.2) is 18.5 Å². The SMILES string of the molecule is CCC1(C(=O)Nc2ccncc2F)CCNC1. The molecule has 1 unspecified atom stereocenters. The van der Waals surface area contributed by atoms with E-state index in [4.69, 9.17) is 0 Å². The molecule has 4 nitrogen and oxygen atoms in total. The number of anilines is 1. The van der Waals surface area contributed by atoms with Gasteiger partial charge in [0.15, 0.2) is 5.82 Å². The highest BCUT2D eigenvalue weighted by molar-refractivity contribution is 5.95. The Kier molecular flexibility index (Phi) is 3.38. The van der Waals surface area contributed by atoms with E-state index in [1.54, 1.807) is 0 Å². The molecular formula is C12H16FN3O. The van der Waals surface area contributed by atoms with Crippen LogP contribution < -0.4 is 10.6 Å². The minimum atomic E-state index is -0.502. The molecule has 1 aliphatic rings. The van der Waals surface area contributed by atoms with Crippen molar-refractivity contribution in [3.8, 4) is 0 Å². The molecule has 1 aliphatic heterocycles. The summed E-state index contributed by atoms with van der Waals surface area (Å²) in [6, 6.07) is 1.47. The Morgan fingerprint density at radius 2 is 2.53 bits per heavy atom. The zero-order valence-corrected chi connectivity index (χ0v) is 9.79. The highest BCUT2D eigenvalue weighted by atomic mass is 19.1. The zero-order chi connectivity index (χ0) is 12.3. The third-order valence-corrected chi connectivity index (χ3v) is 3.42. The first kappa shape index (κ1) is 12.0. The van der Waals surface area contributed by atoms with E-state index in [-0.39, 0.29) is 11.6 Å². The van der Waals surface area contributed by atoms with Crippen molar-refractivity contribution in [2.75, 3.05) is 18.4 Å². The molecule has 1 atom stereocenters. The highest BCUT2D eigenvalue weighted by Gasteiger charge is 2.39. The Morgan fingerprint density at radius 1 is 1.71 bits per heavy atom. The van der Waals surface area contributed by atoms with Gasteiger partial charge >= 0.3 is 0 Å². The number of nitrogens with zero attached hydrogens (tertiary/aromatic N) is 1. The second kappa shape index (κ2) is 4.79. The fraction of sp³-hybridized carbons (Fsp3) is 0.500. The Bertz CT molecular complexity index is 416. The van der Waals surface area contributed by atoms with Gasteiger partial charge in [-0.25, -0.2) is 4.39 Å². The number of carbonyl (C=O) groups is 1. The summed E-state index contributed by atoms with van der Waals surface area (Å²) in [5, 5.41) is 5.83. The summed E-state index contributed by atoms with van der Waals surface area (Å²) in [6.45, 7) is 3.47. The van der Waals surface area contributed by atoms with Crippen LogP contribution in [0.4, 0.5) is 10.1 Å². The Labute approximate surface area is 99.6 Å². The van der Waals surface area contributed by atoms with E-state index in [0.29, 0.717) is 6.54 Å². The summed E-state index contributed by atoms with van der Waals surface area (Å²) in [6.07, 6.45) is 4.10. The predicted molar refractivity (Wildman–Crippen MR) is 63.0 cm³/mol. The summed E-state index contributed by atoms with van der Waals surface area (Å²) in [5.74, 6) is -0.617. The maximum atomic E-state index is 13.4. The number of hydrogen-bond donors (Lipinski definition) is 2. The van der Waals surface area contributed by atoms with Crippen LogP contribution in [0.3, 0.4) is 0 Å². The van der Waals surface area contributed by atoms with Gasteiger partial charge in [0, 0.05) is 12.7 Å². The monoisotopic (exact) mass is 237 g/mol. The standard InChI is InChI=1S/C12H16FN3O/c1-2-12(4-6-15-8-12)11(17)16-10-3-5-14-7-9(10)13/h3,5,7,15H,2,4,6,8H2,1H3,(H,14,16,17). The van der Waals surface area contributed by atoms with E-state index in [9.17, 15) is 9.18 Å². The molecule has 0 radical (unpaired) electrons. The van der Waals surface area contributed by atoms with Crippen molar-refractivity contribution in [1.82, 2.24) is 10.3 Å². The van der Waals surface area contributed by atoms with Gasteiger partial charge in [-0.2, -0.15) is 0 Å². The van der Waals surface area contributed by atoms with Crippen molar-refractivity contribution in [2.45, 2.75) is 19.8 Å². The van der Waals surface area contributed by atoms with Crippen molar-refractivity contribution in [1.29, 1.82) is 0 Å².